The number of nitrogens with one attached hydrogen (secondary N) is 2. The maximum absolute atomic E-state index is 13.7. The van der Waals surface area contributed by atoms with Crippen molar-refractivity contribution in [3.63, 3.8) is 0 Å². The van der Waals surface area contributed by atoms with E-state index in [1.807, 2.05) is 24.3 Å². The largest absolute Gasteiger partial charge is 0.322 e. The Morgan fingerprint density at radius 3 is 2.46 bits per heavy atom. The third-order valence-corrected chi connectivity index (χ3v) is 9.20. The zero-order valence-corrected chi connectivity index (χ0v) is 21.9. The average Bonchev–Trinajstić information content (AvgIpc) is 3.54. The Hall–Kier alpha value is -4.09. The van der Waals surface area contributed by atoms with E-state index in [0.717, 1.165) is 22.3 Å². The number of fused-ring (bicyclic) bond motifs is 1. The van der Waals surface area contributed by atoms with Crippen LogP contribution in [0.5, 0.6) is 0 Å². The number of para-hydroxylation sites is 2. The maximum atomic E-state index is 13.7. The molecule has 0 amide bonds. The minimum absolute atomic E-state index is 0.0353. The lowest BCUT2D eigenvalue weighted by molar-refractivity contribution is 0.315. The molecule has 1 aliphatic heterocycles. The van der Waals surface area contributed by atoms with Gasteiger partial charge in [-0.1, -0.05) is 24.3 Å². The fourth-order valence-electron chi connectivity index (χ4n) is 5.22. The van der Waals surface area contributed by atoms with Gasteiger partial charge in [0.05, 0.1) is 11.0 Å². The zero-order chi connectivity index (χ0) is 27.0. The normalized spacial score (nSPS) is 15.2. The molecule has 39 heavy (non-hydrogen) atoms. The highest BCUT2D eigenvalue weighted by molar-refractivity contribution is 7.89. The van der Waals surface area contributed by atoms with Crippen molar-refractivity contribution in [2.75, 3.05) is 13.1 Å². The standard InChI is InChI=1S/C28H27FN6O3S/c29-21-10-7-19(8-11-21)9-12-23-26(33-35(27(23)36)28-31-24-5-1-2-6-25(24)32-28)20-13-16-34(17-14-20)39(37,38)22-4-3-15-30-18-22/h1-8,10-11,15,18,20,33H,9,12-14,16-17H2,(H,31,32). The second-order valence-electron chi connectivity index (χ2n) is 9.72. The molecule has 0 unspecified atom stereocenters. The van der Waals surface area contributed by atoms with Gasteiger partial charge in [0.15, 0.2) is 0 Å². The number of pyridine rings is 1. The Kier molecular flexibility index (Phi) is 6.61. The minimum atomic E-state index is -3.64. The first kappa shape index (κ1) is 25.2. The van der Waals surface area contributed by atoms with Crippen LogP contribution in [0.25, 0.3) is 17.0 Å². The number of aryl methyl sites for hydroxylation is 1. The molecule has 4 heterocycles. The molecular weight excluding hydrogens is 519 g/mol. The number of nitrogens with zero attached hydrogens (tertiary/aromatic N) is 4. The van der Waals surface area contributed by atoms with Crippen molar-refractivity contribution in [2.45, 2.75) is 36.5 Å². The summed E-state index contributed by atoms with van der Waals surface area (Å²) in [5.74, 6) is 0.0558. The number of benzene rings is 2. The molecule has 0 bridgehead atoms. The highest BCUT2D eigenvalue weighted by Crippen LogP contribution is 2.31. The van der Waals surface area contributed by atoms with Crippen molar-refractivity contribution in [3.05, 3.63) is 106 Å². The second kappa shape index (κ2) is 10.2. The monoisotopic (exact) mass is 546 g/mol. The Bertz CT molecular complexity index is 1740. The van der Waals surface area contributed by atoms with E-state index in [0.29, 0.717) is 50.3 Å². The van der Waals surface area contributed by atoms with Crippen molar-refractivity contribution < 1.29 is 12.8 Å². The predicted molar refractivity (Wildman–Crippen MR) is 145 cm³/mol. The Morgan fingerprint density at radius 2 is 1.74 bits per heavy atom. The van der Waals surface area contributed by atoms with E-state index < -0.39 is 10.0 Å². The molecule has 0 radical (unpaired) electrons. The first-order valence-corrected chi connectivity index (χ1v) is 14.3. The van der Waals surface area contributed by atoms with Crippen LogP contribution in [0.1, 0.15) is 35.6 Å². The first-order chi connectivity index (χ1) is 18.9. The molecule has 1 fully saturated rings. The molecule has 6 rings (SSSR count). The number of halogens is 1. The van der Waals surface area contributed by atoms with Crippen molar-refractivity contribution >= 4 is 21.1 Å². The topological polar surface area (TPSA) is 117 Å². The van der Waals surface area contributed by atoms with Crippen LogP contribution in [0.15, 0.2) is 82.7 Å². The molecular formula is C28H27FN6O3S. The van der Waals surface area contributed by atoms with Crippen LogP contribution in [-0.4, -0.2) is 50.5 Å². The molecule has 2 N–H and O–H groups in total. The number of piperidine rings is 1. The van der Waals surface area contributed by atoms with E-state index in [2.05, 4.69) is 20.1 Å². The quantitative estimate of drug-likeness (QED) is 0.321. The Labute approximate surface area is 224 Å². The molecule has 0 atom stereocenters. The van der Waals surface area contributed by atoms with Gasteiger partial charge in [-0.15, -0.1) is 0 Å². The number of hydrogen-bond acceptors (Lipinski definition) is 5. The lowest BCUT2D eigenvalue weighted by atomic mass is 9.90. The zero-order valence-electron chi connectivity index (χ0n) is 21.0. The van der Waals surface area contributed by atoms with Crippen molar-refractivity contribution in [2.24, 2.45) is 0 Å². The van der Waals surface area contributed by atoms with Gasteiger partial charge in [-0.25, -0.2) is 17.8 Å². The highest BCUT2D eigenvalue weighted by Gasteiger charge is 2.32. The summed E-state index contributed by atoms with van der Waals surface area (Å²) >= 11 is 0. The van der Waals surface area contributed by atoms with E-state index in [-0.39, 0.29) is 22.2 Å². The fraction of sp³-hybridized carbons (Fsp3) is 0.250. The maximum Gasteiger partial charge on any atom is 0.277 e. The molecule has 3 aromatic heterocycles. The summed E-state index contributed by atoms with van der Waals surface area (Å²) in [6.07, 6.45) is 5.04. The molecule has 0 aliphatic carbocycles. The van der Waals surface area contributed by atoms with E-state index in [1.165, 1.54) is 27.3 Å². The van der Waals surface area contributed by atoms with Crippen LogP contribution in [-0.2, 0) is 22.9 Å². The summed E-state index contributed by atoms with van der Waals surface area (Å²) in [5, 5.41) is 3.30. The number of imidazole rings is 1. The summed E-state index contributed by atoms with van der Waals surface area (Å²) in [6, 6.07) is 17.0. The minimum Gasteiger partial charge on any atom is -0.322 e. The summed E-state index contributed by atoms with van der Waals surface area (Å²) in [5.41, 5.74) is 3.72. The number of sulfonamides is 1. The molecule has 1 aliphatic rings. The van der Waals surface area contributed by atoms with Crippen LogP contribution in [0, 0.1) is 5.82 Å². The molecule has 5 aromatic rings. The van der Waals surface area contributed by atoms with Gasteiger partial charge >= 0.3 is 0 Å². The van der Waals surface area contributed by atoms with Gasteiger partial charge in [0.1, 0.15) is 10.7 Å². The van der Waals surface area contributed by atoms with E-state index in [4.69, 9.17) is 0 Å². The number of hydrogen-bond donors (Lipinski definition) is 2. The van der Waals surface area contributed by atoms with Crippen molar-refractivity contribution in [3.8, 4) is 5.95 Å². The predicted octanol–water partition coefficient (Wildman–Crippen LogP) is 3.93. The third-order valence-electron chi connectivity index (χ3n) is 7.32. The Morgan fingerprint density at radius 1 is 0.974 bits per heavy atom. The third kappa shape index (κ3) is 4.90. The van der Waals surface area contributed by atoms with Crippen molar-refractivity contribution in [1.82, 2.24) is 29.0 Å². The lowest BCUT2D eigenvalue weighted by Gasteiger charge is -2.31. The number of H-pyrrole nitrogens is 2. The van der Waals surface area contributed by atoms with Gasteiger partial charge in [0.2, 0.25) is 16.0 Å². The molecule has 9 nitrogen and oxygen atoms in total. The van der Waals surface area contributed by atoms with Crippen LogP contribution in [0.3, 0.4) is 0 Å². The van der Waals surface area contributed by atoms with Gasteiger partial charge < -0.3 is 4.98 Å². The fourth-order valence-corrected chi connectivity index (χ4v) is 6.65. The van der Waals surface area contributed by atoms with Crippen LogP contribution in [0.4, 0.5) is 4.39 Å². The van der Waals surface area contributed by atoms with Crippen LogP contribution in [0.2, 0.25) is 0 Å². The van der Waals surface area contributed by atoms with Crippen LogP contribution < -0.4 is 5.56 Å². The Balaban J connectivity index is 1.30. The summed E-state index contributed by atoms with van der Waals surface area (Å²) in [7, 11) is -3.64. The number of aromatic nitrogens is 5. The SMILES string of the molecule is O=c1c(CCc2ccc(F)cc2)c(C2CCN(S(=O)(=O)c3cccnc3)CC2)[nH]n1-c1nc2ccccc2[nH]1. The number of aromatic amines is 2. The van der Waals surface area contributed by atoms with Gasteiger partial charge in [-0.05, 0) is 67.6 Å². The molecule has 11 heteroatoms. The molecule has 0 saturated carbocycles. The molecule has 1 saturated heterocycles. The summed E-state index contributed by atoms with van der Waals surface area (Å²) in [6.45, 7) is 0.661. The molecule has 2 aromatic carbocycles. The summed E-state index contributed by atoms with van der Waals surface area (Å²) in [4.78, 5) is 25.6. The molecule has 0 spiro atoms. The summed E-state index contributed by atoms with van der Waals surface area (Å²) < 4.78 is 42.5. The first-order valence-electron chi connectivity index (χ1n) is 12.8. The van der Waals surface area contributed by atoms with E-state index in [9.17, 15) is 17.6 Å². The van der Waals surface area contributed by atoms with Gasteiger partial charge in [0, 0.05) is 42.7 Å². The smallest absolute Gasteiger partial charge is 0.277 e. The van der Waals surface area contributed by atoms with Crippen LogP contribution >= 0.6 is 0 Å². The van der Waals surface area contributed by atoms with Crippen molar-refractivity contribution in [1.29, 1.82) is 0 Å². The number of rotatable bonds is 7. The average molecular weight is 547 g/mol. The van der Waals surface area contributed by atoms with Gasteiger partial charge in [-0.2, -0.15) is 8.99 Å². The molecule has 200 valence electrons. The highest BCUT2D eigenvalue weighted by atomic mass is 32.2. The lowest BCUT2D eigenvalue weighted by Crippen LogP contribution is -2.38. The van der Waals surface area contributed by atoms with E-state index in [1.54, 1.807) is 30.5 Å². The second-order valence-corrected chi connectivity index (χ2v) is 11.7. The van der Waals surface area contributed by atoms with E-state index >= 15 is 0 Å². The van der Waals surface area contributed by atoms with Gasteiger partial charge in [-0.3, -0.25) is 14.9 Å². The van der Waals surface area contributed by atoms with Gasteiger partial charge in [0.25, 0.3) is 5.56 Å².